The molecule has 5 heteroatoms. The fraction of sp³-hybridized carbons (Fsp3) is 0.800. The first kappa shape index (κ1) is 10.6. The highest BCUT2D eigenvalue weighted by Gasteiger charge is 2.29. The van der Waals surface area contributed by atoms with E-state index >= 15 is 0 Å². The summed E-state index contributed by atoms with van der Waals surface area (Å²) < 4.78 is 6.80. The van der Waals surface area contributed by atoms with Crippen LogP contribution in [0.2, 0.25) is 0 Å². The van der Waals surface area contributed by atoms with E-state index in [1.165, 1.54) is 12.8 Å². The molecule has 0 radical (unpaired) electrons. The number of hydrogen-bond donors (Lipinski definition) is 1. The van der Waals surface area contributed by atoms with Crippen molar-refractivity contribution in [3.05, 3.63) is 11.6 Å². The molecule has 1 saturated carbocycles. The third-order valence-corrected chi connectivity index (χ3v) is 2.72. The highest BCUT2D eigenvalue weighted by molar-refractivity contribution is 5.07. The van der Waals surface area contributed by atoms with Crippen LogP contribution < -0.4 is 5.73 Å². The summed E-state index contributed by atoms with van der Waals surface area (Å²) in [4.78, 5) is 4.50. The molecule has 1 aliphatic rings. The van der Waals surface area contributed by atoms with E-state index in [2.05, 4.69) is 10.1 Å². The lowest BCUT2D eigenvalue weighted by Crippen LogP contribution is -2.17. The molecule has 1 heterocycles. The highest BCUT2D eigenvalue weighted by Crippen LogP contribution is 2.38. The van der Waals surface area contributed by atoms with Gasteiger partial charge in [-0.1, -0.05) is 0 Å². The molecule has 1 aliphatic carbocycles. The number of aromatic nitrogens is 3. The van der Waals surface area contributed by atoms with Crippen molar-refractivity contribution in [2.24, 2.45) is 12.8 Å². The fourth-order valence-corrected chi connectivity index (χ4v) is 1.63. The molecule has 1 atom stereocenters. The number of ether oxygens (including phenoxy) is 1. The fourth-order valence-electron chi connectivity index (χ4n) is 1.63. The van der Waals surface area contributed by atoms with Crippen LogP contribution in [0.1, 0.15) is 42.9 Å². The Kier molecular flexibility index (Phi) is 3.02. The van der Waals surface area contributed by atoms with E-state index in [9.17, 15) is 0 Å². The van der Waals surface area contributed by atoms with E-state index in [1.54, 1.807) is 11.8 Å². The Morgan fingerprint density at radius 2 is 2.33 bits per heavy atom. The van der Waals surface area contributed by atoms with E-state index in [0.717, 1.165) is 18.1 Å². The second kappa shape index (κ2) is 4.28. The number of nitrogens with zero attached hydrogens (tertiary/aromatic N) is 3. The van der Waals surface area contributed by atoms with Crippen LogP contribution in [0.15, 0.2) is 0 Å². The second-order valence-corrected chi connectivity index (χ2v) is 4.11. The molecule has 1 unspecified atom stereocenters. The van der Waals surface area contributed by atoms with Crippen molar-refractivity contribution in [2.75, 3.05) is 13.7 Å². The van der Waals surface area contributed by atoms with Gasteiger partial charge in [0.25, 0.3) is 0 Å². The maximum Gasteiger partial charge on any atom is 0.154 e. The van der Waals surface area contributed by atoms with Gasteiger partial charge in [0.1, 0.15) is 5.82 Å². The quantitative estimate of drug-likeness (QED) is 0.778. The smallest absolute Gasteiger partial charge is 0.154 e. The average Bonchev–Trinajstić information content (AvgIpc) is 2.99. The highest BCUT2D eigenvalue weighted by atomic mass is 16.5. The Hall–Kier alpha value is -0.940. The van der Waals surface area contributed by atoms with Gasteiger partial charge in [0.05, 0.1) is 6.04 Å². The molecule has 15 heavy (non-hydrogen) atoms. The molecule has 1 aromatic heterocycles. The summed E-state index contributed by atoms with van der Waals surface area (Å²) in [7, 11) is 3.58. The summed E-state index contributed by atoms with van der Waals surface area (Å²) in [6.45, 7) is 0.660. The minimum Gasteiger partial charge on any atom is -0.385 e. The standard InChI is InChI=1S/C10H18N4O/c1-14-10(8(11)5-6-15-2)12-9(13-14)7-3-4-7/h7-8H,3-6,11H2,1-2H3. The summed E-state index contributed by atoms with van der Waals surface area (Å²) in [6, 6.07) is -0.0741. The summed E-state index contributed by atoms with van der Waals surface area (Å²) >= 11 is 0. The van der Waals surface area contributed by atoms with Gasteiger partial charge in [-0.15, -0.1) is 0 Å². The molecule has 0 spiro atoms. The van der Waals surface area contributed by atoms with Crippen molar-refractivity contribution in [1.82, 2.24) is 14.8 Å². The number of hydrogen-bond acceptors (Lipinski definition) is 4. The molecule has 0 aromatic carbocycles. The van der Waals surface area contributed by atoms with Crippen molar-refractivity contribution in [1.29, 1.82) is 0 Å². The number of aryl methyl sites for hydroxylation is 1. The first-order chi connectivity index (χ1) is 7.22. The Balaban J connectivity index is 2.05. The molecular formula is C10H18N4O. The molecule has 1 aromatic rings. The largest absolute Gasteiger partial charge is 0.385 e. The molecule has 2 N–H and O–H groups in total. The maximum atomic E-state index is 6.01. The summed E-state index contributed by atoms with van der Waals surface area (Å²) in [5, 5.41) is 4.39. The summed E-state index contributed by atoms with van der Waals surface area (Å²) in [5.74, 6) is 2.41. The van der Waals surface area contributed by atoms with Crippen LogP contribution in [0, 0.1) is 0 Å². The van der Waals surface area contributed by atoms with E-state index in [4.69, 9.17) is 10.5 Å². The lowest BCUT2D eigenvalue weighted by atomic mass is 10.2. The lowest BCUT2D eigenvalue weighted by Gasteiger charge is -2.08. The van der Waals surface area contributed by atoms with E-state index in [-0.39, 0.29) is 6.04 Å². The van der Waals surface area contributed by atoms with Crippen LogP contribution in [-0.2, 0) is 11.8 Å². The predicted molar refractivity (Wildman–Crippen MR) is 56.4 cm³/mol. The monoisotopic (exact) mass is 210 g/mol. The molecule has 0 bridgehead atoms. The van der Waals surface area contributed by atoms with Gasteiger partial charge in [0, 0.05) is 26.7 Å². The minimum absolute atomic E-state index is 0.0741. The normalized spacial score (nSPS) is 18.1. The molecule has 0 aliphatic heterocycles. The number of nitrogens with two attached hydrogens (primary N) is 1. The average molecular weight is 210 g/mol. The SMILES string of the molecule is COCCC(N)c1nc(C2CC2)nn1C. The van der Waals surface area contributed by atoms with Gasteiger partial charge < -0.3 is 10.5 Å². The molecule has 1 fully saturated rings. The molecule has 5 nitrogen and oxygen atoms in total. The molecular weight excluding hydrogens is 192 g/mol. The van der Waals surface area contributed by atoms with Crippen LogP contribution in [0.5, 0.6) is 0 Å². The molecule has 0 amide bonds. The zero-order valence-electron chi connectivity index (χ0n) is 9.31. The van der Waals surface area contributed by atoms with Crippen molar-refractivity contribution in [3.8, 4) is 0 Å². The topological polar surface area (TPSA) is 66.0 Å². The van der Waals surface area contributed by atoms with Crippen LogP contribution in [0.25, 0.3) is 0 Å². The molecule has 84 valence electrons. The van der Waals surface area contributed by atoms with Gasteiger partial charge in [-0.3, -0.25) is 4.68 Å². The molecule has 0 saturated heterocycles. The van der Waals surface area contributed by atoms with E-state index < -0.39 is 0 Å². The zero-order chi connectivity index (χ0) is 10.8. The predicted octanol–water partition coefficient (Wildman–Crippen LogP) is 0.729. The van der Waals surface area contributed by atoms with Gasteiger partial charge >= 0.3 is 0 Å². The lowest BCUT2D eigenvalue weighted by molar-refractivity contribution is 0.186. The second-order valence-electron chi connectivity index (χ2n) is 4.11. The zero-order valence-corrected chi connectivity index (χ0v) is 9.31. The first-order valence-corrected chi connectivity index (χ1v) is 5.37. The Morgan fingerprint density at radius 3 is 2.93 bits per heavy atom. The van der Waals surface area contributed by atoms with E-state index in [0.29, 0.717) is 12.5 Å². The van der Waals surface area contributed by atoms with Crippen LogP contribution in [0.4, 0.5) is 0 Å². The third kappa shape index (κ3) is 2.35. The van der Waals surface area contributed by atoms with Crippen molar-refractivity contribution < 1.29 is 4.74 Å². The van der Waals surface area contributed by atoms with Gasteiger partial charge in [-0.2, -0.15) is 5.10 Å². The number of methoxy groups -OCH3 is 1. The van der Waals surface area contributed by atoms with Crippen molar-refractivity contribution in [2.45, 2.75) is 31.2 Å². The number of rotatable bonds is 5. The Labute approximate surface area is 89.6 Å². The van der Waals surface area contributed by atoms with Gasteiger partial charge in [-0.05, 0) is 19.3 Å². The van der Waals surface area contributed by atoms with Crippen LogP contribution >= 0.6 is 0 Å². The van der Waals surface area contributed by atoms with Crippen molar-refractivity contribution in [3.63, 3.8) is 0 Å². The summed E-state index contributed by atoms with van der Waals surface area (Å²) in [6.07, 6.45) is 3.22. The van der Waals surface area contributed by atoms with Gasteiger partial charge in [-0.25, -0.2) is 4.98 Å². The third-order valence-electron chi connectivity index (χ3n) is 2.72. The van der Waals surface area contributed by atoms with Crippen LogP contribution in [-0.4, -0.2) is 28.5 Å². The Morgan fingerprint density at radius 1 is 1.60 bits per heavy atom. The van der Waals surface area contributed by atoms with E-state index in [1.807, 2.05) is 7.05 Å². The molecule has 2 rings (SSSR count). The maximum absolute atomic E-state index is 6.01. The first-order valence-electron chi connectivity index (χ1n) is 5.37. The van der Waals surface area contributed by atoms with Crippen molar-refractivity contribution >= 4 is 0 Å². The summed E-state index contributed by atoms with van der Waals surface area (Å²) in [5.41, 5.74) is 6.01. The van der Waals surface area contributed by atoms with Crippen LogP contribution in [0.3, 0.4) is 0 Å². The van der Waals surface area contributed by atoms with Gasteiger partial charge in [0.15, 0.2) is 5.82 Å². The Bertz CT molecular complexity index is 332. The van der Waals surface area contributed by atoms with Gasteiger partial charge in [0.2, 0.25) is 0 Å². The minimum atomic E-state index is -0.0741.